The van der Waals surface area contributed by atoms with Crippen LogP contribution < -0.4 is 14.8 Å². The topological polar surface area (TPSA) is 114 Å². The van der Waals surface area contributed by atoms with Gasteiger partial charge in [-0.25, -0.2) is 8.42 Å². The number of benzene rings is 2. The second kappa shape index (κ2) is 10.6. The van der Waals surface area contributed by atoms with Gasteiger partial charge in [-0.05, 0) is 43.7 Å². The first-order valence-corrected chi connectivity index (χ1v) is 12.9. The summed E-state index contributed by atoms with van der Waals surface area (Å²) in [6.45, 7) is 5.63. The number of nitrogens with one attached hydrogen (secondary N) is 1. The molecule has 11 heteroatoms. The molecule has 2 amide bonds. The lowest BCUT2D eigenvalue weighted by atomic mass is 10.1. The quantitative estimate of drug-likeness (QED) is 0.614. The molecule has 2 aromatic carbocycles. The van der Waals surface area contributed by atoms with Crippen LogP contribution in [0, 0.1) is 6.92 Å². The van der Waals surface area contributed by atoms with Crippen LogP contribution in [0.15, 0.2) is 41.3 Å². The predicted octanol–water partition coefficient (Wildman–Crippen LogP) is 1.89. The number of hydrogen-bond donors (Lipinski definition) is 1. The Morgan fingerprint density at radius 2 is 1.71 bits per heavy atom. The first-order chi connectivity index (χ1) is 16.8. The monoisotopic (exact) mass is 503 g/mol. The molecule has 2 aromatic rings. The van der Waals surface area contributed by atoms with E-state index in [4.69, 9.17) is 14.2 Å². The van der Waals surface area contributed by atoms with Crippen molar-refractivity contribution in [2.45, 2.75) is 18.7 Å². The van der Waals surface area contributed by atoms with E-state index in [2.05, 4.69) is 5.32 Å². The minimum atomic E-state index is -3.77. The van der Waals surface area contributed by atoms with Crippen LogP contribution in [-0.4, -0.2) is 82.0 Å². The summed E-state index contributed by atoms with van der Waals surface area (Å²) in [6, 6.07) is 9.68. The molecule has 188 valence electrons. The smallest absolute Gasteiger partial charge is 0.254 e. The van der Waals surface area contributed by atoms with Crippen LogP contribution in [0.4, 0.5) is 5.69 Å². The molecule has 0 spiro atoms. The van der Waals surface area contributed by atoms with Crippen LogP contribution in [-0.2, 0) is 19.6 Å². The van der Waals surface area contributed by atoms with Gasteiger partial charge in [0.25, 0.3) is 5.91 Å². The summed E-state index contributed by atoms with van der Waals surface area (Å²) in [5.74, 6) is 0.348. The summed E-state index contributed by atoms with van der Waals surface area (Å²) in [7, 11) is -3.77. The number of morpholine rings is 1. The summed E-state index contributed by atoms with van der Waals surface area (Å²) in [5.41, 5.74) is 1.28. The Labute approximate surface area is 204 Å². The number of nitrogens with zero attached hydrogens (tertiary/aromatic N) is 2. The lowest BCUT2D eigenvalue weighted by Crippen LogP contribution is -2.41. The Morgan fingerprint density at radius 1 is 1.00 bits per heavy atom. The average Bonchev–Trinajstić information content (AvgIpc) is 2.87. The van der Waals surface area contributed by atoms with Gasteiger partial charge in [0.15, 0.2) is 11.5 Å². The van der Waals surface area contributed by atoms with Gasteiger partial charge in [0.05, 0.1) is 18.1 Å². The number of amides is 2. The second-order valence-electron chi connectivity index (χ2n) is 8.22. The third kappa shape index (κ3) is 5.58. The third-order valence-electron chi connectivity index (χ3n) is 5.85. The van der Waals surface area contributed by atoms with Crippen LogP contribution in [0.2, 0.25) is 0 Å². The van der Waals surface area contributed by atoms with Crippen LogP contribution in [0.3, 0.4) is 0 Å². The average molecular weight is 504 g/mol. The van der Waals surface area contributed by atoms with Crippen LogP contribution in [0.5, 0.6) is 11.5 Å². The molecule has 35 heavy (non-hydrogen) atoms. The Hall–Kier alpha value is -3.15. The Balaban J connectivity index is 1.47. The Kier molecular flexibility index (Phi) is 7.58. The maximum Gasteiger partial charge on any atom is 0.254 e. The normalized spacial score (nSPS) is 15.9. The Morgan fingerprint density at radius 3 is 2.43 bits per heavy atom. The van der Waals surface area contributed by atoms with Gasteiger partial charge in [0, 0.05) is 37.0 Å². The molecule has 1 saturated heterocycles. The zero-order chi connectivity index (χ0) is 25.0. The number of carbonyl (C=O) groups is 2. The number of likely N-dealkylation sites (N-methyl/N-ethyl adjacent to an activating group) is 1. The fourth-order valence-corrected chi connectivity index (χ4v) is 5.60. The highest BCUT2D eigenvalue weighted by Gasteiger charge is 2.29. The van der Waals surface area contributed by atoms with Gasteiger partial charge < -0.3 is 24.4 Å². The largest absolute Gasteiger partial charge is 0.486 e. The minimum Gasteiger partial charge on any atom is -0.486 e. The highest BCUT2D eigenvalue weighted by atomic mass is 32.2. The summed E-state index contributed by atoms with van der Waals surface area (Å²) in [6.07, 6.45) is 0. The number of anilines is 1. The molecule has 4 rings (SSSR count). The number of sulfonamides is 1. The first kappa shape index (κ1) is 25.0. The zero-order valence-electron chi connectivity index (χ0n) is 19.8. The number of ether oxygens (including phenoxy) is 3. The molecule has 0 aromatic heterocycles. The third-order valence-corrected chi connectivity index (χ3v) is 7.89. The van der Waals surface area contributed by atoms with Crippen molar-refractivity contribution in [3.05, 3.63) is 47.5 Å². The van der Waals surface area contributed by atoms with E-state index in [1.54, 1.807) is 44.2 Å². The molecule has 2 aliphatic heterocycles. The molecule has 1 fully saturated rings. The van der Waals surface area contributed by atoms with E-state index in [9.17, 15) is 18.0 Å². The fourth-order valence-electron chi connectivity index (χ4n) is 3.94. The van der Waals surface area contributed by atoms with Gasteiger partial charge >= 0.3 is 0 Å². The summed E-state index contributed by atoms with van der Waals surface area (Å²) >= 11 is 0. The molecule has 0 bridgehead atoms. The highest BCUT2D eigenvalue weighted by molar-refractivity contribution is 7.89. The molecule has 0 aliphatic carbocycles. The van der Waals surface area contributed by atoms with Gasteiger partial charge in [-0.15, -0.1) is 0 Å². The van der Waals surface area contributed by atoms with Crippen molar-refractivity contribution in [1.29, 1.82) is 0 Å². The fraction of sp³-hybridized carbons (Fsp3) is 0.417. The number of carbonyl (C=O) groups excluding carboxylic acids is 2. The van der Waals surface area contributed by atoms with Crippen molar-refractivity contribution in [2.75, 3.05) is 57.9 Å². The van der Waals surface area contributed by atoms with E-state index < -0.39 is 15.9 Å². The zero-order valence-corrected chi connectivity index (χ0v) is 20.6. The lowest BCUT2D eigenvalue weighted by Gasteiger charge is -2.27. The van der Waals surface area contributed by atoms with E-state index in [-0.39, 0.29) is 42.5 Å². The van der Waals surface area contributed by atoms with Gasteiger partial charge in [-0.3, -0.25) is 9.59 Å². The molecule has 0 atom stereocenters. The number of fused-ring (bicyclic) bond motifs is 1. The maximum atomic E-state index is 13.2. The predicted molar refractivity (Wildman–Crippen MR) is 128 cm³/mol. The number of hydrogen-bond acceptors (Lipinski definition) is 7. The van der Waals surface area contributed by atoms with Crippen molar-refractivity contribution in [1.82, 2.24) is 9.21 Å². The maximum absolute atomic E-state index is 13.2. The molecule has 1 N–H and O–H groups in total. The molecular weight excluding hydrogens is 474 g/mol. The van der Waals surface area contributed by atoms with Crippen molar-refractivity contribution in [2.24, 2.45) is 0 Å². The van der Waals surface area contributed by atoms with Crippen molar-refractivity contribution in [3.63, 3.8) is 0 Å². The van der Waals surface area contributed by atoms with Crippen molar-refractivity contribution >= 4 is 27.5 Å². The molecule has 2 heterocycles. The highest BCUT2D eigenvalue weighted by Crippen LogP contribution is 2.32. The first-order valence-electron chi connectivity index (χ1n) is 11.5. The number of aryl methyl sites for hydroxylation is 1. The summed E-state index contributed by atoms with van der Waals surface area (Å²) < 4.78 is 44.0. The lowest BCUT2D eigenvalue weighted by molar-refractivity contribution is -0.116. The van der Waals surface area contributed by atoms with E-state index >= 15 is 0 Å². The van der Waals surface area contributed by atoms with E-state index in [0.29, 0.717) is 49.2 Å². The molecule has 0 saturated carbocycles. The standard InChI is InChI=1S/C24H29N3O7S/c1-3-26(16-23(28)25-19-6-7-20-21(15-19)34-13-12-33-20)24(29)18-5-4-17(2)22(14-18)35(30,31)27-8-10-32-11-9-27/h4-7,14-15H,3,8-13,16H2,1-2H3,(H,25,28). The molecule has 0 unspecified atom stereocenters. The SMILES string of the molecule is CCN(CC(=O)Nc1ccc2c(c1)OCCO2)C(=O)c1ccc(C)c(S(=O)(=O)N2CCOCC2)c1. The van der Waals surface area contributed by atoms with Crippen LogP contribution >= 0.6 is 0 Å². The van der Waals surface area contributed by atoms with E-state index in [1.165, 1.54) is 15.3 Å². The van der Waals surface area contributed by atoms with Gasteiger partial charge in [-0.1, -0.05) is 6.07 Å². The van der Waals surface area contributed by atoms with E-state index in [1.807, 2.05) is 0 Å². The van der Waals surface area contributed by atoms with E-state index in [0.717, 1.165) is 0 Å². The van der Waals surface area contributed by atoms with Crippen LogP contribution in [0.25, 0.3) is 0 Å². The van der Waals surface area contributed by atoms with Gasteiger partial charge in [-0.2, -0.15) is 4.31 Å². The summed E-state index contributed by atoms with van der Waals surface area (Å²) in [4.78, 5) is 27.3. The van der Waals surface area contributed by atoms with Gasteiger partial charge in [0.1, 0.15) is 19.8 Å². The number of rotatable bonds is 7. The summed E-state index contributed by atoms with van der Waals surface area (Å²) in [5, 5.41) is 2.77. The molecule has 10 nitrogen and oxygen atoms in total. The molecule has 2 aliphatic rings. The van der Waals surface area contributed by atoms with Crippen molar-refractivity contribution < 1.29 is 32.2 Å². The molecular formula is C24H29N3O7S. The van der Waals surface area contributed by atoms with Gasteiger partial charge in [0.2, 0.25) is 15.9 Å². The minimum absolute atomic E-state index is 0.0852. The second-order valence-corrected chi connectivity index (χ2v) is 10.1. The van der Waals surface area contributed by atoms with Crippen molar-refractivity contribution in [3.8, 4) is 11.5 Å². The van der Waals surface area contributed by atoms with Crippen LogP contribution in [0.1, 0.15) is 22.8 Å². The Bertz CT molecular complexity index is 1210. The molecule has 0 radical (unpaired) electrons.